The van der Waals surface area contributed by atoms with E-state index < -0.39 is 11.7 Å². The van der Waals surface area contributed by atoms with Gasteiger partial charge in [-0.15, -0.1) is 23.7 Å². The first kappa shape index (κ1) is 26.6. The van der Waals surface area contributed by atoms with E-state index in [1.165, 1.54) is 23.5 Å². The number of thiophene rings is 1. The molecule has 1 aromatic carbocycles. The van der Waals surface area contributed by atoms with E-state index in [0.29, 0.717) is 31.7 Å². The predicted molar refractivity (Wildman–Crippen MR) is 130 cm³/mol. The molecular weight excluding hydrogens is 611 g/mol. The molecule has 1 aliphatic carbocycles. The van der Waals surface area contributed by atoms with Crippen LogP contribution in [0.15, 0.2) is 31.8 Å². The summed E-state index contributed by atoms with van der Waals surface area (Å²) in [6.07, 6.45) is -4.13. The van der Waals surface area contributed by atoms with E-state index in [9.17, 15) is 22.8 Å². The van der Waals surface area contributed by atoms with Crippen LogP contribution < -0.4 is 5.32 Å². The Labute approximate surface area is 216 Å². The third kappa shape index (κ3) is 5.99. The summed E-state index contributed by atoms with van der Waals surface area (Å²) in [7, 11) is 0. The molecule has 2 aromatic rings. The van der Waals surface area contributed by atoms with Gasteiger partial charge in [0.25, 0.3) is 0 Å². The lowest BCUT2D eigenvalue weighted by Gasteiger charge is -2.34. The van der Waals surface area contributed by atoms with Crippen molar-refractivity contribution in [2.24, 2.45) is 0 Å². The number of carbonyl (C=O) groups excluding carboxylic acids is 2. The van der Waals surface area contributed by atoms with Crippen LogP contribution in [0.5, 0.6) is 0 Å². The summed E-state index contributed by atoms with van der Waals surface area (Å²) in [6.45, 7) is 2.75. The van der Waals surface area contributed by atoms with Crippen LogP contribution in [0, 0.1) is 0 Å². The predicted octanol–water partition coefficient (Wildman–Crippen LogP) is 5.28. The molecular formula is C21H21Br2ClF3N3O2S. The quantitative estimate of drug-likeness (QED) is 0.489. The lowest BCUT2D eigenvalue weighted by atomic mass is 10.1. The highest BCUT2D eigenvalue weighted by molar-refractivity contribution is 9.12. The highest BCUT2D eigenvalue weighted by Gasteiger charge is 2.37. The van der Waals surface area contributed by atoms with E-state index in [4.69, 9.17) is 0 Å². The van der Waals surface area contributed by atoms with E-state index in [1.807, 2.05) is 9.80 Å². The van der Waals surface area contributed by atoms with Crippen LogP contribution in [0.3, 0.4) is 0 Å². The third-order valence-corrected chi connectivity index (χ3v) is 8.34. The van der Waals surface area contributed by atoms with Crippen molar-refractivity contribution in [2.75, 3.05) is 32.7 Å². The zero-order chi connectivity index (χ0) is 23.0. The van der Waals surface area contributed by atoms with Crippen LogP contribution in [0.4, 0.5) is 13.2 Å². The van der Waals surface area contributed by atoms with Gasteiger partial charge in [-0.2, -0.15) is 13.2 Å². The molecule has 1 amide bonds. The largest absolute Gasteiger partial charge is 0.416 e. The molecule has 4 rings (SSSR count). The first-order valence-electron chi connectivity index (χ1n) is 10.0. The lowest BCUT2D eigenvalue weighted by Crippen LogP contribution is -2.49. The number of halogens is 6. The normalized spacial score (nSPS) is 19.3. The summed E-state index contributed by atoms with van der Waals surface area (Å²) >= 11 is 8.30. The molecule has 5 nitrogen and oxygen atoms in total. The number of benzene rings is 1. The smallest absolute Gasteiger partial charge is 0.348 e. The average molecular weight is 632 g/mol. The summed E-state index contributed by atoms with van der Waals surface area (Å²) < 4.78 is 41.3. The van der Waals surface area contributed by atoms with Gasteiger partial charge in [-0.25, -0.2) is 0 Å². The van der Waals surface area contributed by atoms with Gasteiger partial charge < -0.3 is 5.32 Å². The van der Waals surface area contributed by atoms with Crippen molar-refractivity contribution in [2.45, 2.75) is 25.2 Å². The minimum absolute atomic E-state index is 0. The molecule has 0 bridgehead atoms. The summed E-state index contributed by atoms with van der Waals surface area (Å²) in [5.74, 6) is -0.160. The van der Waals surface area contributed by atoms with Gasteiger partial charge in [-0.05, 0) is 43.5 Å². The van der Waals surface area contributed by atoms with Crippen molar-refractivity contribution in [3.05, 3.63) is 54.1 Å². The summed E-state index contributed by atoms with van der Waals surface area (Å²) in [4.78, 5) is 28.8. The number of rotatable bonds is 5. The van der Waals surface area contributed by atoms with Gasteiger partial charge in [0.2, 0.25) is 5.91 Å². The Morgan fingerprint density at radius 1 is 1.09 bits per heavy atom. The van der Waals surface area contributed by atoms with E-state index in [2.05, 4.69) is 37.2 Å². The van der Waals surface area contributed by atoms with Crippen LogP contribution in [0.1, 0.15) is 39.5 Å². The number of carbonyl (C=O) groups is 2. The maximum Gasteiger partial charge on any atom is 0.416 e. The molecule has 1 saturated heterocycles. The van der Waals surface area contributed by atoms with Gasteiger partial charge in [0.15, 0.2) is 5.78 Å². The number of nitrogens with zero attached hydrogens (tertiary/aromatic N) is 2. The van der Waals surface area contributed by atoms with Crippen molar-refractivity contribution in [1.82, 2.24) is 15.1 Å². The van der Waals surface area contributed by atoms with Crippen molar-refractivity contribution in [3.8, 4) is 0 Å². The molecule has 0 radical (unpaired) electrons. The van der Waals surface area contributed by atoms with Crippen molar-refractivity contribution < 1.29 is 22.8 Å². The SMILES string of the molecule is Cl.O=C(CN1CCN(Cc2ccccc2C(F)(F)F)CC1)NC1CC(=O)c2c(Br)sc(Br)c21. The van der Waals surface area contributed by atoms with Gasteiger partial charge in [0.05, 0.1) is 25.7 Å². The van der Waals surface area contributed by atoms with Gasteiger partial charge in [0.1, 0.15) is 0 Å². The number of hydrogen-bond donors (Lipinski definition) is 1. The molecule has 1 aromatic heterocycles. The fourth-order valence-corrected chi connectivity index (χ4v) is 7.57. The Hall–Kier alpha value is -0.980. The Balaban J connectivity index is 0.00000306. The van der Waals surface area contributed by atoms with Gasteiger partial charge in [0, 0.05) is 50.3 Å². The zero-order valence-electron chi connectivity index (χ0n) is 17.3. The number of fused-ring (bicyclic) bond motifs is 1. The average Bonchev–Trinajstić information content (AvgIpc) is 3.20. The number of piperazine rings is 1. The Bertz CT molecular complexity index is 1040. The summed E-state index contributed by atoms with van der Waals surface area (Å²) in [6, 6.07) is 5.30. The summed E-state index contributed by atoms with van der Waals surface area (Å²) in [5.41, 5.74) is 1.13. The topological polar surface area (TPSA) is 52.7 Å². The van der Waals surface area contributed by atoms with Gasteiger partial charge in [-0.3, -0.25) is 19.4 Å². The molecule has 2 aliphatic rings. The molecule has 2 heterocycles. The van der Waals surface area contributed by atoms with Crippen LogP contribution in [-0.4, -0.2) is 54.2 Å². The second-order valence-electron chi connectivity index (χ2n) is 7.89. The molecule has 0 spiro atoms. The Morgan fingerprint density at radius 3 is 2.39 bits per heavy atom. The van der Waals surface area contributed by atoms with E-state index in [-0.39, 0.29) is 55.2 Å². The first-order chi connectivity index (χ1) is 15.1. The van der Waals surface area contributed by atoms with E-state index >= 15 is 0 Å². The molecule has 1 unspecified atom stereocenters. The molecule has 12 heteroatoms. The molecule has 1 aliphatic heterocycles. The van der Waals surface area contributed by atoms with Gasteiger partial charge >= 0.3 is 6.18 Å². The Kier molecular flexibility index (Phi) is 8.66. The van der Waals surface area contributed by atoms with Crippen molar-refractivity contribution >= 4 is 67.3 Å². The monoisotopic (exact) mass is 629 g/mol. The molecule has 1 fully saturated rings. The third-order valence-electron chi connectivity index (χ3n) is 5.76. The number of alkyl halides is 3. The van der Waals surface area contributed by atoms with Gasteiger partial charge in [-0.1, -0.05) is 18.2 Å². The van der Waals surface area contributed by atoms with Crippen LogP contribution in [-0.2, 0) is 17.5 Å². The molecule has 1 N–H and O–H groups in total. The first-order valence-corrected chi connectivity index (χ1v) is 12.4. The second kappa shape index (κ2) is 10.7. The molecule has 0 saturated carbocycles. The molecule has 180 valence electrons. The number of amides is 1. The van der Waals surface area contributed by atoms with Crippen LogP contribution in [0.25, 0.3) is 0 Å². The van der Waals surface area contributed by atoms with E-state index in [0.717, 1.165) is 19.2 Å². The number of ketones is 1. The highest BCUT2D eigenvalue weighted by Crippen LogP contribution is 2.46. The fourth-order valence-electron chi connectivity index (χ4n) is 4.20. The molecule has 1 atom stereocenters. The second-order valence-corrected chi connectivity index (χ2v) is 11.5. The van der Waals surface area contributed by atoms with Crippen LogP contribution >= 0.6 is 55.6 Å². The standard InChI is InChI=1S/C21H20Br2F3N3O2S.ClH/c22-19-17-14(9-15(30)18(17)20(23)32-19)27-16(31)11-29-7-5-28(6-8-29)10-12-3-1-2-4-13(12)21(24,25)26;/h1-4,14H,5-11H2,(H,27,31);1H. The van der Waals surface area contributed by atoms with Crippen molar-refractivity contribution in [1.29, 1.82) is 0 Å². The van der Waals surface area contributed by atoms with E-state index in [1.54, 1.807) is 6.07 Å². The van der Waals surface area contributed by atoms with Crippen LogP contribution in [0.2, 0.25) is 0 Å². The number of hydrogen-bond acceptors (Lipinski definition) is 5. The Morgan fingerprint density at radius 2 is 1.73 bits per heavy atom. The summed E-state index contributed by atoms with van der Waals surface area (Å²) in [5, 5.41) is 2.96. The fraction of sp³-hybridized carbons (Fsp3) is 0.429. The maximum atomic E-state index is 13.2. The molecule has 33 heavy (non-hydrogen) atoms. The highest BCUT2D eigenvalue weighted by atomic mass is 79.9. The van der Waals surface area contributed by atoms with Crippen molar-refractivity contribution in [3.63, 3.8) is 0 Å². The zero-order valence-corrected chi connectivity index (χ0v) is 22.1. The maximum absolute atomic E-state index is 13.2. The number of Topliss-reactive ketones (excluding diaryl/α,β-unsaturated/α-hetero) is 1. The minimum atomic E-state index is -4.37. The lowest BCUT2D eigenvalue weighted by molar-refractivity contribution is -0.138. The number of nitrogens with one attached hydrogen (secondary N) is 1. The minimum Gasteiger partial charge on any atom is -0.348 e.